The van der Waals surface area contributed by atoms with E-state index in [1.165, 1.54) is 12.3 Å². The number of pyridine rings is 1. The minimum atomic E-state index is -4.81. The lowest BCUT2D eigenvalue weighted by Gasteiger charge is -2.46. The van der Waals surface area contributed by atoms with Gasteiger partial charge in [-0.1, -0.05) is 0 Å². The molecule has 8 nitrogen and oxygen atoms in total. The zero-order chi connectivity index (χ0) is 19.7. The Balaban J connectivity index is 1.52. The van der Waals surface area contributed by atoms with Crippen molar-refractivity contribution in [3.63, 3.8) is 0 Å². The number of hydrogen-bond donors (Lipinski definition) is 0. The fourth-order valence-corrected chi connectivity index (χ4v) is 2.45. The number of carbonyl (C=O) groups is 1. The van der Waals surface area contributed by atoms with Gasteiger partial charge in [0.15, 0.2) is 12.3 Å². The summed E-state index contributed by atoms with van der Waals surface area (Å²) in [5.41, 5.74) is -0.209. The number of alkyl halides is 3. The fourth-order valence-electron chi connectivity index (χ4n) is 2.45. The number of halogens is 3. The molecule has 3 rings (SSSR count). The van der Waals surface area contributed by atoms with Gasteiger partial charge in [-0.25, -0.2) is 9.97 Å². The van der Waals surface area contributed by atoms with Gasteiger partial charge in [0.2, 0.25) is 11.8 Å². The molecule has 0 spiro atoms. The largest absolute Gasteiger partial charge is 0.574 e. The first-order valence-electron chi connectivity index (χ1n) is 7.81. The maximum Gasteiger partial charge on any atom is 0.574 e. The molecule has 0 atom stereocenters. The van der Waals surface area contributed by atoms with Gasteiger partial charge in [0.05, 0.1) is 19.3 Å². The summed E-state index contributed by atoms with van der Waals surface area (Å²) in [6.45, 7) is 2.69. The first-order chi connectivity index (χ1) is 12.7. The predicted molar refractivity (Wildman–Crippen MR) is 83.1 cm³/mol. The molecule has 146 valence electrons. The van der Waals surface area contributed by atoms with Gasteiger partial charge < -0.3 is 23.5 Å². The fraction of sp³-hybridized carbons (Fsp3) is 0.438. The van der Waals surface area contributed by atoms with E-state index in [0.29, 0.717) is 13.1 Å². The molecule has 0 saturated carbocycles. The van der Waals surface area contributed by atoms with E-state index in [4.69, 9.17) is 13.9 Å². The Morgan fingerprint density at radius 1 is 1.37 bits per heavy atom. The summed E-state index contributed by atoms with van der Waals surface area (Å²) in [5, 5.41) is 0. The Kier molecular flexibility index (Phi) is 4.96. The zero-order valence-electron chi connectivity index (χ0n) is 14.4. The van der Waals surface area contributed by atoms with Gasteiger partial charge in [-0.3, -0.25) is 4.79 Å². The lowest BCUT2D eigenvalue weighted by Crippen LogP contribution is -2.62. The van der Waals surface area contributed by atoms with Crippen molar-refractivity contribution in [2.45, 2.75) is 25.5 Å². The molecule has 0 radical (unpaired) electrons. The predicted octanol–water partition coefficient (Wildman–Crippen LogP) is 2.41. The van der Waals surface area contributed by atoms with Crippen LogP contribution in [-0.2, 0) is 11.3 Å². The summed E-state index contributed by atoms with van der Waals surface area (Å²) in [4.78, 5) is 21.4. The SMILES string of the molecule is COC1(C)CN(C(=O)c2coc(COc3ccc(OC(F)(F)F)nc3)n2)C1. The van der Waals surface area contributed by atoms with Crippen molar-refractivity contribution in [1.29, 1.82) is 0 Å². The topological polar surface area (TPSA) is 86.9 Å². The van der Waals surface area contributed by atoms with Gasteiger partial charge in [0, 0.05) is 13.2 Å². The van der Waals surface area contributed by atoms with E-state index in [2.05, 4.69) is 14.7 Å². The number of ether oxygens (including phenoxy) is 3. The molecule has 0 aromatic carbocycles. The van der Waals surface area contributed by atoms with Crippen LogP contribution >= 0.6 is 0 Å². The van der Waals surface area contributed by atoms with Crippen molar-refractivity contribution in [3.8, 4) is 11.6 Å². The number of methoxy groups -OCH3 is 1. The van der Waals surface area contributed by atoms with Gasteiger partial charge in [-0.2, -0.15) is 0 Å². The van der Waals surface area contributed by atoms with Crippen molar-refractivity contribution in [2.75, 3.05) is 20.2 Å². The van der Waals surface area contributed by atoms with E-state index < -0.39 is 12.2 Å². The Morgan fingerprint density at radius 3 is 2.70 bits per heavy atom. The normalized spacial score (nSPS) is 16.0. The molecule has 1 fully saturated rings. The van der Waals surface area contributed by atoms with Crippen molar-refractivity contribution in [3.05, 3.63) is 36.2 Å². The molecule has 2 aromatic rings. The lowest BCUT2D eigenvalue weighted by atomic mass is 9.96. The maximum absolute atomic E-state index is 12.3. The van der Waals surface area contributed by atoms with Crippen LogP contribution in [0.3, 0.4) is 0 Å². The lowest BCUT2D eigenvalue weighted by molar-refractivity contribution is -0.276. The molecule has 1 aliphatic heterocycles. The number of rotatable bonds is 6. The van der Waals surface area contributed by atoms with Crippen molar-refractivity contribution >= 4 is 5.91 Å². The van der Waals surface area contributed by atoms with Crippen LogP contribution < -0.4 is 9.47 Å². The van der Waals surface area contributed by atoms with Crippen LogP contribution in [0.25, 0.3) is 0 Å². The third-order valence-electron chi connectivity index (χ3n) is 3.89. The molecule has 1 aliphatic rings. The number of oxazole rings is 1. The summed E-state index contributed by atoms with van der Waals surface area (Å²) in [5.74, 6) is -0.551. The number of likely N-dealkylation sites (tertiary alicyclic amines) is 1. The van der Waals surface area contributed by atoms with Crippen LogP contribution in [0.15, 0.2) is 29.0 Å². The molecular formula is C16H16F3N3O5. The van der Waals surface area contributed by atoms with Crippen LogP contribution in [0.1, 0.15) is 23.3 Å². The molecule has 27 heavy (non-hydrogen) atoms. The molecule has 1 saturated heterocycles. The van der Waals surface area contributed by atoms with Crippen molar-refractivity contribution in [1.82, 2.24) is 14.9 Å². The molecule has 1 amide bonds. The Labute approximate surface area is 151 Å². The molecule has 0 bridgehead atoms. The highest BCUT2D eigenvalue weighted by molar-refractivity contribution is 5.92. The smallest absolute Gasteiger partial charge is 0.482 e. The second-order valence-corrected chi connectivity index (χ2v) is 6.11. The minimum Gasteiger partial charge on any atom is -0.482 e. The van der Waals surface area contributed by atoms with E-state index in [0.717, 1.165) is 12.3 Å². The highest BCUT2D eigenvalue weighted by Gasteiger charge is 2.42. The second kappa shape index (κ2) is 7.06. The van der Waals surface area contributed by atoms with Crippen LogP contribution in [0, 0.1) is 0 Å². The summed E-state index contributed by atoms with van der Waals surface area (Å²) in [6, 6.07) is 2.28. The Hall–Kier alpha value is -2.82. The standard InChI is InChI=1S/C16H16F3N3O5/c1-15(24-2)8-22(9-15)14(23)11-6-26-13(21-11)7-25-10-3-4-12(20-5-10)27-16(17,18)19/h3-6H,7-9H2,1-2H3. The highest BCUT2D eigenvalue weighted by atomic mass is 19.4. The zero-order valence-corrected chi connectivity index (χ0v) is 14.4. The van der Waals surface area contributed by atoms with Gasteiger partial charge in [-0.15, -0.1) is 13.2 Å². The third-order valence-corrected chi connectivity index (χ3v) is 3.89. The molecule has 0 aliphatic carbocycles. The first kappa shape index (κ1) is 19.0. The number of carbonyl (C=O) groups excluding carboxylic acids is 1. The van der Waals surface area contributed by atoms with Gasteiger partial charge in [-0.05, 0) is 13.0 Å². The molecule has 2 aromatic heterocycles. The van der Waals surface area contributed by atoms with Crippen LogP contribution in [0.2, 0.25) is 0 Å². The minimum absolute atomic E-state index is 0.121. The average molecular weight is 387 g/mol. The van der Waals surface area contributed by atoms with Crippen molar-refractivity contribution in [2.24, 2.45) is 0 Å². The number of nitrogens with zero attached hydrogens (tertiary/aromatic N) is 3. The van der Waals surface area contributed by atoms with Gasteiger partial charge in [0.25, 0.3) is 5.91 Å². The highest BCUT2D eigenvalue weighted by Crippen LogP contribution is 2.26. The van der Waals surface area contributed by atoms with E-state index in [1.54, 1.807) is 12.0 Å². The molecule has 0 unspecified atom stereocenters. The maximum atomic E-state index is 12.3. The molecule has 0 N–H and O–H groups in total. The monoisotopic (exact) mass is 387 g/mol. The Morgan fingerprint density at radius 2 is 2.11 bits per heavy atom. The molecule has 3 heterocycles. The van der Waals surface area contributed by atoms with E-state index in [1.807, 2.05) is 6.92 Å². The summed E-state index contributed by atoms with van der Waals surface area (Å²) >= 11 is 0. The van der Waals surface area contributed by atoms with E-state index >= 15 is 0 Å². The third kappa shape index (κ3) is 4.67. The average Bonchev–Trinajstić information content (AvgIpc) is 3.05. The van der Waals surface area contributed by atoms with Crippen molar-refractivity contribution < 1.29 is 36.6 Å². The quantitative estimate of drug-likeness (QED) is 0.752. The van der Waals surface area contributed by atoms with E-state index in [-0.39, 0.29) is 35.4 Å². The number of aromatic nitrogens is 2. The van der Waals surface area contributed by atoms with Crippen LogP contribution in [0.5, 0.6) is 11.6 Å². The first-order valence-corrected chi connectivity index (χ1v) is 7.81. The molecule has 11 heteroatoms. The van der Waals surface area contributed by atoms with Gasteiger partial charge >= 0.3 is 6.36 Å². The summed E-state index contributed by atoms with van der Waals surface area (Å²) in [7, 11) is 1.59. The second-order valence-electron chi connectivity index (χ2n) is 6.11. The summed E-state index contributed by atoms with van der Waals surface area (Å²) in [6.07, 6.45) is -2.52. The number of hydrogen-bond acceptors (Lipinski definition) is 7. The number of amides is 1. The van der Waals surface area contributed by atoms with Crippen LogP contribution in [-0.4, -0.2) is 52.9 Å². The van der Waals surface area contributed by atoms with Gasteiger partial charge in [0.1, 0.15) is 17.6 Å². The summed E-state index contributed by atoms with van der Waals surface area (Å²) < 4.78 is 55.7. The Bertz CT molecular complexity index is 800. The molecular weight excluding hydrogens is 371 g/mol. The van der Waals surface area contributed by atoms with E-state index in [9.17, 15) is 18.0 Å². The van der Waals surface area contributed by atoms with Crippen LogP contribution in [0.4, 0.5) is 13.2 Å².